The molecule has 4 aromatic rings. The molecule has 2 heterocycles. The zero-order valence-electron chi connectivity index (χ0n) is 25.3. The second-order valence-electron chi connectivity index (χ2n) is 10.3. The summed E-state index contributed by atoms with van der Waals surface area (Å²) in [6, 6.07) is 16.3. The molecule has 222 valence electrons. The van der Waals surface area contributed by atoms with Crippen molar-refractivity contribution in [3.8, 4) is 17.7 Å². The van der Waals surface area contributed by atoms with E-state index in [0.29, 0.717) is 25.2 Å². The monoisotopic (exact) mass is 573 g/mol. The van der Waals surface area contributed by atoms with Crippen molar-refractivity contribution < 1.29 is 13.6 Å². The number of likely N-dealkylation sites (tertiary alicyclic amines) is 1. The lowest BCUT2D eigenvalue weighted by Crippen LogP contribution is -2.47. The van der Waals surface area contributed by atoms with Gasteiger partial charge in [-0.25, -0.2) is 23.8 Å². The Bertz CT molecular complexity index is 1510. The quantitative estimate of drug-likeness (QED) is 0.250. The number of carbonyl (C=O) groups excluding carboxylic acids is 1. The Balaban J connectivity index is 0.00000116. The minimum absolute atomic E-state index is 0.0551. The first-order valence-electron chi connectivity index (χ1n) is 14.7. The predicted octanol–water partition coefficient (Wildman–Crippen LogP) is 8.85. The van der Waals surface area contributed by atoms with Gasteiger partial charge in [0, 0.05) is 26.2 Å². The van der Waals surface area contributed by atoms with Gasteiger partial charge in [-0.2, -0.15) is 0 Å². The lowest BCUT2D eigenvalue weighted by atomic mass is 9.95. The van der Waals surface area contributed by atoms with Crippen LogP contribution in [-0.2, 0) is 6.54 Å². The van der Waals surface area contributed by atoms with E-state index < -0.39 is 11.6 Å². The van der Waals surface area contributed by atoms with Gasteiger partial charge in [-0.05, 0) is 97.7 Å². The van der Waals surface area contributed by atoms with Gasteiger partial charge in [0.05, 0.1) is 17.1 Å². The molecule has 8 heteroatoms. The Morgan fingerprint density at radius 2 is 1.74 bits per heavy atom. The normalized spacial score (nSPS) is 14.4. The molecule has 2 amide bonds. The van der Waals surface area contributed by atoms with Crippen molar-refractivity contribution in [2.45, 2.75) is 72.9 Å². The number of piperidine rings is 1. The number of nitriles is 1. The molecule has 1 aliphatic heterocycles. The third-order valence-electron chi connectivity index (χ3n) is 7.48. The SMILES string of the molecule is C#N.CC.CCCN(Cc1cc(-c2ccc3nc(C)[nH]c3c2)ccc1C)C(=O)N1CCCCC1c1ccc(F)c(F)c1. The van der Waals surface area contributed by atoms with Gasteiger partial charge in [-0.3, -0.25) is 0 Å². The van der Waals surface area contributed by atoms with Gasteiger partial charge in [0.15, 0.2) is 11.6 Å². The lowest BCUT2D eigenvalue weighted by Gasteiger charge is -2.39. The van der Waals surface area contributed by atoms with Gasteiger partial charge in [-0.1, -0.05) is 45.0 Å². The summed E-state index contributed by atoms with van der Waals surface area (Å²) in [6.45, 7) is 15.3. The molecule has 1 aliphatic rings. The fourth-order valence-corrected chi connectivity index (χ4v) is 5.46. The number of rotatable bonds is 6. The number of imidazole rings is 1. The molecule has 1 saturated heterocycles. The number of aryl methyl sites for hydroxylation is 2. The minimum atomic E-state index is -0.873. The second-order valence-corrected chi connectivity index (χ2v) is 10.3. The van der Waals surface area contributed by atoms with E-state index in [1.54, 1.807) is 6.07 Å². The van der Waals surface area contributed by atoms with E-state index in [0.717, 1.165) is 70.9 Å². The molecule has 0 bridgehead atoms. The first-order valence-corrected chi connectivity index (χ1v) is 14.7. The number of halogens is 2. The Morgan fingerprint density at radius 3 is 2.45 bits per heavy atom. The van der Waals surface area contributed by atoms with E-state index in [2.05, 4.69) is 60.7 Å². The lowest BCUT2D eigenvalue weighted by molar-refractivity contribution is 0.112. The van der Waals surface area contributed by atoms with E-state index in [1.807, 2.05) is 36.6 Å². The topological polar surface area (TPSA) is 76.0 Å². The highest BCUT2D eigenvalue weighted by Gasteiger charge is 2.31. The number of hydrogen-bond donors (Lipinski definition) is 1. The highest BCUT2D eigenvalue weighted by atomic mass is 19.2. The maximum absolute atomic E-state index is 14.0. The Kier molecular flexibility index (Phi) is 11.6. The van der Waals surface area contributed by atoms with Crippen LogP contribution < -0.4 is 0 Å². The number of H-pyrrole nitrogens is 1. The number of fused-ring (bicyclic) bond motifs is 1. The maximum Gasteiger partial charge on any atom is 0.320 e. The number of nitrogens with zero attached hydrogens (tertiary/aromatic N) is 4. The third-order valence-corrected chi connectivity index (χ3v) is 7.48. The molecule has 1 unspecified atom stereocenters. The standard InChI is InChI=1S/C31H34F2N4O.C2H6.CHN/c1-4-14-36(31(38)37-15-6-5-7-30(37)24-10-12-26(32)27(33)17-24)19-25-16-22(9-8-20(25)2)23-11-13-28-29(18-23)35-21(3)34-28;2*1-2/h8-13,16-18,30H,4-7,14-15,19H2,1-3H3,(H,34,35);1-2H3;1H. The number of amides is 2. The van der Waals surface area contributed by atoms with Gasteiger partial charge < -0.3 is 14.8 Å². The van der Waals surface area contributed by atoms with Crippen LogP contribution in [0, 0.1) is 37.3 Å². The van der Waals surface area contributed by atoms with Crippen LogP contribution in [0.25, 0.3) is 22.2 Å². The summed E-state index contributed by atoms with van der Waals surface area (Å²) in [7, 11) is 0. The molecule has 1 N–H and O–H groups in total. The summed E-state index contributed by atoms with van der Waals surface area (Å²) in [5, 5.41) is 6.50. The molecule has 6 nitrogen and oxygen atoms in total. The number of carbonyl (C=O) groups is 1. The summed E-state index contributed by atoms with van der Waals surface area (Å²) in [5.74, 6) is -0.858. The molecule has 3 aromatic carbocycles. The largest absolute Gasteiger partial charge is 0.342 e. The van der Waals surface area contributed by atoms with Gasteiger partial charge in [0.2, 0.25) is 0 Å². The number of nitrogens with one attached hydrogen (secondary N) is 1. The molecule has 1 atom stereocenters. The van der Waals surface area contributed by atoms with Crippen LogP contribution in [0.2, 0.25) is 0 Å². The summed E-state index contributed by atoms with van der Waals surface area (Å²) >= 11 is 0. The number of benzene rings is 3. The molecule has 0 aliphatic carbocycles. The van der Waals surface area contributed by atoms with Gasteiger partial charge in [0.25, 0.3) is 0 Å². The van der Waals surface area contributed by atoms with Crippen molar-refractivity contribution in [2.75, 3.05) is 13.1 Å². The van der Waals surface area contributed by atoms with Crippen LogP contribution in [0.1, 0.15) is 75.0 Å². The molecule has 42 heavy (non-hydrogen) atoms. The van der Waals surface area contributed by atoms with Crippen molar-refractivity contribution in [2.24, 2.45) is 0 Å². The van der Waals surface area contributed by atoms with Crippen LogP contribution in [-0.4, -0.2) is 38.9 Å². The molecule has 0 saturated carbocycles. The van der Waals surface area contributed by atoms with Crippen molar-refractivity contribution in [3.05, 3.63) is 88.7 Å². The summed E-state index contributed by atoms with van der Waals surface area (Å²) in [5.41, 5.74) is 6.97. The van der Waals surface area contributed by atoms with Crippen LogP contribution in [0.5, 0.6) is 0 Å². The molecule has 5 rings (SSSR count). The fraction of sp³-hybridized carbons (Fsp3) is 0.382. The number of aromatic amines is 1. The van der Waals surface area contributed by atoms with Crippen LogP contribution >= 0.6 is 0 Å². The molecule has 0 spiro atoms. The van der Waals surface area contributed by atoms with E-state index in [1.165, 1.54) is 6.07 Å². The fourth-order valence-electron chi connectivity index (χ4n) is 5.46. The minimum Gasteiger partial charge on any atom is -0.342 e. The van der Waals surface area contributed by atoms with Crippen molar-refractivity contribution in [1.29, 1.82) is 5.26 Å². The zero-order valence-corrected chi connectivity index (χ0v) is 25.3. The summed E-state index contributed by atoms with van der Waals surface area (Å²) in [6.07, 6.45) is 3.41. The average Bonchev–Trinajstić information content (AvgIpc) is 3.40. The van der Waals surface area contributed by atoms with Crippen molar-refractivity contribution in [3.63, 3.8) is 0 Å². The summed E-state index contributed by atoms with van der Waals surface area (Å²) < 4.78 is 27.6. The smallest absolute Gasteiger partial charge is 0.320 e. The van der Waals surface area contributed by atoms with Crippen LogP contribution in [0.3, 0.4) is 0 Å². The predicted molar refractivity (Wildman–Crippen MR) is 165 cm³/mol. The highest BCUT2D eigenvalue weighted by Crippen LogP contribution is 2.33. The first-order chi connectivity index (χ1) is 20.3. The van der Waals surface area contributed by atoms with Crippen molar-refractivity contribution in [1.82, 2.24) is 19.8 Å². The molecule has 0 radical (unpaired) electrons. The van der Waals surface area contributed by atoms with Gasteiger partial charge >= 0.3 is 6.03 Å². The number of aromatic nitrogens is 2. The zero-order chi connectivity index (χ0) is 30.8. The van der Waals surface area contributed by atoms with Gasteiger partial charge in [-0.15, -0.1) is 0 Å². The number of urea groups is 1. The second kappa shape index (κ2) is 15.1. The van der Waals surface area contributed by atoms with E-state index in [4.69, 9.17) is 5.26 Å². The maximum atomic E-state index is 14.0. The average molecular weight is 574 g/mol. The van der Waals surface area contributed by atoms with Gasteiger partial charge in [0.1, 0.15) is 5.82 Å². The Hall–Kier alpha value is -4.25. The molecule has 1 aromatic heterocycles. The van der Waals surface area contributed by atoms with E-state index in [-0.39, 0.29) is 12.1 Å². The Morgan fingerprint density at radius 1 is 1.02 bits per heavy atom. The third kappa shape index (κ3) is 7.33. The Labute approximate surface area is 248 Å². The van der Waals surface area contributed by atoms with Crippen molar-refractivity contribution >= 4 is 17.1 Å². The molecule has 1 fully saturated rings. The molecular formula is C34H41F2N5O. The van der Waals surface area contributed by atoms with E-state index in [9.17, 15) is 13.6 Å². The van der Waals surface area contributed by atoms with Crippen LogP contribution in [0.15, 0.2) is 54.6 Å². The van der Waals surface area contributed by atoms with E-state index >= 15 is 0 Å². The first kappa shape index (κ1) is 32.3. The van der Waals surface area contributed by atoms with Crippen LogP contribution in [0.4, 0.5) is 13.6 Å². The molecular weight excluding hydrogens is 532 g/mol. The highest BCUT2D eigenvalue weighted by molar-refractivity contribution is 5.82. The summed E-state index contributed by atoms with van der Waals surface area (Å²) in [4.78, 5) is 25.5. The number of hydrogen-bond acceptors (Lipinski definition) is 3.